The molecule has 0 spiro atoms. The van der Waals surface area contributed by atoms with Crippen LogP contribution in [0.15, 0.2) is 58.8 Å². The SMILES string of the molecule is O=C(N/C(=C/c1ccco1)C(=O)N1CCC(OC2CCCCC2)CC1)c1ccccc1. The Bertz CT molecular complexity index is 878. The predicted octanol–water partition coefficient (Wildman–Crippen LogP) is 4.39. The topological polar surface area (TPSA) is 71.8 Å². The number of hydrogen-bond donors (Lipinski definition) is 1. The van der Waals surface area contributed by atoms with Crippen LogP contribution in [0, 0.1) is 0 Å². The molecule has 1 aromatic heterocycles. The Morgan fingerprint density at radius 1 is 0.935 bits per heavy atom. The molecule has 2 heterocycles. The van der Waals surface area contributed by atoms with Crippen LogP contribution >= 0.6 is 0 Å². The molecule has 31 heavy (non-hydrogen) atoms. The van der Waals surface area contributed by atoms with Gasteiger partial charge in [-0.3, -0.25) is 9.59 Å². The number of furan rings is 1. The van der Waals surface area contributed by atoms with Crippen molar-refractivity contribution in [1.29, 1.82) is 0 Å². The van der Waals surface area contributed by atoms with Gasteiger partial charge in [0.2, 0.25) is 0 Å². The fraction of sp³-hybridized carbons (Fsp3) is 0.440. The van der Waals surface area contributed by atoms with E-state index < -0.39 is 0 Å². The second-order valence-electron chi connectivity index (χ2n) is 8.28. The van der Waals surface area contributed by atoms with Crippen molar-refractivity contribution in [2.75, 3.05) is 13.1 Å². The van der Waals surface area contributed by atoms with Gasteiger partial charge in [0.25, 0.3) is 11.8 Å². The van der Waals surface area contributed by atoms with Gasteiger partial charge in [-0.2, -0.15) is 0 Å². The summed E-state index contributed by atoms with van der Waals surface area (Å²) >= 11 is 0. The van der Waals surface area contributed by atoms with Crippen LogP contribution in [-0.4, -0.2) is 42.0 Å². The van der Waals surface area contributed by atoms with Crippen LogP contribution in [0.5, 0.6) is 0 Å². The van der Waals surface area contributed by atoms with Crippen LogP contribution in [-0.2, 0) is 9.53 Å². The Kier molecular flexibility index (Phi) is 7.20. The molecule has 2 fully saturated rings. The van der Waals surface area contributed by atoms with Crippen LogP contribution in [0.2, 0.25) is 0 Å². The molecular weight excluding hydrogens is 392 g/mol. The zero-order valence-corrected chi connectivity index (χ0v) is 17.8. The Balaban J connectivity index is 1.39. The average molecular weight is 423 g/mol. The number of nitrogens with zero attached hydrogens (tertiary/aromatic N) is 1. The standard InChI is InChI=1S/C25H30N2O4/c28-24(19-8-3-1-4-9-19)26-23(18-22-12-7-17-30-22)25(29)27-15-13-21(14-16-27)31-20-10-5-2-6-11-20/h1,3-4,7-9,12,17-18,20-21H,2,5-6,10-11,13-16H2,(H,26,28)/b23-18+. The molecule has 2 aliphatic rings. The van der Waals surface area contributed by atoms with Crippen molar-refractivity contribution in [2.24, 2.45) is 0 Å². The molecule has 1 N–H and O–H groups in total. The van der Waals surface area contributed by atoms with E-state index in [4.69, 9.17) is 9.15 Å². The van der Waals surface area contributed by atoms with E-state index >= 15 is 0 Å². The molecule has 1 saturated heterocycles. The third-order valence-electron chi connectivity index (χ3n) is 6.01. The van der Waals surface area contributed by atoms with Crippen molar-refractivity contribution in [3.8, 4) is 0 Å². The highest BCUT2D eigenvalue weighted by Gasteiger charge is 2.28. The summed E-state index contributed by atoms with van der Waals surface area (Å²) in [6.07, 6.45) is 11.5. The Labute approximate surface area is 183 Å². The Hall–Kier alpha value is -2.86. The van der Waals surface area contributed by atoms with Crippen LogP contribution in [0.3, 0.4) is 0 Å². The van der Waals surface area contributed by atoms with Gasteiger partial charge in [0.15, 0.2) is 0 Å². The first-order valence-electron chi connectivity index (χ1n) is 11.3. The maximum Gasteiger partial charge on any atom is 0.270 e. The fourth-order valence-corrected chi connectivity index (χ4v) is 4.29. The molecule has 2 amide bonds. The minimum atomic E-state index is -0.317. The second-order valence-corrected chi connectivity index (χ2v) is 8.28. The van der Waals surface area contributed by atoms with E-state index in [1.54, 1.807) is 53.6 Å². The van der Waals surface area contributed by atoms with Crippen molar-refractivity contribution in [1.82, 2.24) is 10.2 Å². The number of ether oxygens (including phenoxy) is 1. The first kappa shape index (κ1) is 21.4. The van der Waals surface area contributed by atoms with Crippen LogP contribution < -0.4 is 5.32 Å². The van der Waals surface area contributed by atoms with Crippen LogP contribution in [0.4, 0.5) is 0 Å². The Morgan fingerprint density at radius 2 is 1.65 bits per heavy atom. The number of benzene rings is 1. The Morgan fingerprint density at radius 3 is 2.32 bits per heavy atom. The number of carbonyl (C=O) groups excluding carboxylic acids is 2. The number of likely N-dealkylation sites (tertiary alicyclic amines) is 1. The highest BCUT2D eigenvalue weighted by Crippen LogP contribution is 2.25. The monoisotopic (exact) mass is 422 g/mol. The minimum absolute atomic E-state index is 0.197. The van der Waals surface area contributed by atoms with Gasteiger partial charge in [0.05, 0.1) is 18.5 Å². The van der Waals surface area contributed by atoms with E-state index in [1.165, 1.54) is 19.3 Å². The van der Waals surface area contributed by atoms with E-state index in [0.717, 1.165) is 25.7 Å². The summed E-state index contributed by atoms with van der Waals surface area (Å²) in [5.41, 5.74) is 0.718. The number of carbonyl (C=O) groups is 2. The van der Waals surface area contributed by atoms with Gasteiger partial charge in [-0.05, 0) is 49.9 Å². The van der Waals surface area contributed by atoms with Crippen molar-refractivity contribution < 1.29 is 18.7 Å². The summed E-state index contributed by atoms with van der Waals surface area (Å²) in [6, 6.07) is 12.4. The first-order valence-corrected chi connectivity index (χ1v) is 11.3. The van der Waals surface area contributed by atoms with Gasteiger partial charge in [-0.1, -0.05) is 37.5 Å². The lowest BCUT2D eigenvalue weighted by Gasteiger charge is -2.35. The number of rotatable bonds is 6. The third kappa shape index (κ3) is 5.85. The minimum Gasteiger partial charge on any atom is -0.465 e. The molecule has 4 rings (SSSR count). The molecule has 164 valence electrons. The van der Waals surface area contributed by atoms with Gasteiger partial charge < -0.3 is 19.4 Å². The van der Waals surface area contributed by atoms with Gasteiger partial charge >= 0.3 is 0 Å². The maximum absolute atomic E-state index is 13.2. The van der Waals surface area contributed by atoms with Crippen molar-refractivity contribution in [2.45, 2.75) is 57.2 Å². The molecule has 0 radical (unpaired) electrons. The summed E-state index contributed by atoms with van der Waals surface area (Å²) in [7, 11) is 0. The van der Waals surface area contributed by atoms with Gasteiger partial charge in [-0.15, -0.1) is 0 Å². The first-order chi connectivity index (χ1) is 15.2. The third-order valence-corrected chi connectivity index (χ3v) is 6.01. The number of amides is 2. The zero-order chi connectivity index (χ0) is 21.5. The number of hydrogen-bond acceptors (Lipinski definition) is 4. The molecule has 1 aliphatic heterocycles. The summed E-state index contributed by atoms with van der Waals surface area (Å²) in [6.45, 7) is 1.24. The van der Waals surface area contributed by atoms with E-state index in [-0.39, 0.29) is 23.6 Å². The van der Waals surface area contributed by atoms with Crippen LogP contribution in [0.25, 0.3) is 6.08 Å². The molecular formula is C25H30N2O4. The van der Waals surface area contributed by atoms with E-state index in [2.05, 4.69) is 5.32 Å². The maximum atomic E-state index is 13.2. The average Bonchev–Trinajstić information content (AvgIpc) is 3.33. The highest BCUT2D eigenvalue weighted by molar-refractivity contribution is 6.05. The predicted molar refractivity (Wildman–Crippen MR) is 118 cm³/mol. The molecule has 0 unspecified atom stereocenters. The van der Waals surface area contributed by atoms with E-state index in [1.807, 2.05) is 6.07 Å². The van der Waals surface area contributed by atoms with Gasteiger partial charge in [0, 0.05) is 24.7 Å². The van der Waals surface area contributed by atoms with E-state index in [0.29, 0.717) is 30.5 Å². The lowest BCUT2D eigenvalue weighted by Crippen LogP contribution is -2.45. The largest absolute Gasteiger partial charge is 0.465 e. The smallest absolute Gasteiger partial charge is 0.270 e. The number of nitrogens with one attached hydrogen (secondary N) is 1. The van der Waals surface area contributed by atoms with Gasteiger partial charge in [-0.25, -0.2) is 0 Å². The lowest BCUT2D eigenvalue weighted by atomic mass is 9.97. The zero-order valence-electron chi connectivity index (χ0n) is 17.8. The molecule has 0 atom stereocenters. The van der Waals surface area contributed by atoms with Gasteiger partial charge in [0.1, 0.15) is 11.5 Å². The van der Waals surface area contributed by atoms with Crippen molar-refractivity contribution >= 4 is 17.9 Å². The second kappa shape index (κ2) is 10.4. The summed E-state index contributed by atoms with van der Waals surface area (Å²) in [4.78, 5) is 27.7. The lowest BCUT2D eigenvalue weighted by molar-refractivity contribution is -0.131. The van der Waals surface area contributed by atoms with Crippen molar-refractivity contribution in [3.63, 3.8) is 0 Å². The number of piperidine rings is 1. The molecule has 6 nitrogen and oxygen atoms in total. The van der Waals surface area contributed by atoms with Crippen molar-refractivity contribution in [3.05, 3.63) is 65.7 Å². The summed E-state index contributed by atoms with van der Waals surface area (Å²) in [5.74, 6) is 0.00583. The quantitative estimate of drug-likeness (QED) is 0.701. The molecule has 1 saturated carbocycles. The molecule has 2 aromatic rings. The normalized spacial score (nSPS) is 18.7. The molecule has 1 aromatic carbocycles. The molecule has 6 heteroatoms. The summed E-state index contributed by atoms with van der Waals surface area (Å²) in [5, 5.41) is 2.79. The fourth-order valence-electron chi connectivity index (χ4n) is 4.29. The van der Waals surface area contributed by atoms with Crippen LogP contribution in [0.1, 0.15) is 61.1 Å². The molecule has 0 bridgehead atoms. The highest BCUT2D eigenvalue weighted by atomic mass is 16.5. The summed E-state index contributed by atoms with van der Waals surface area (Å²) < 4.78 is 11.7. The molecule has 1 aliphatic carbocycles. The van der Waals surface area contributed by atoms with E-state index in [9.17, 15) is 9.59 Å².